The third kappa shape index (κ3) is 6.83. The Bertz CT molecular complexity index is 436. The van der Waals surface area contributed by atoms with Crippen molar-refractivity contribution in [1.82, 2.24) is 5.32 Å². The smallest absolute Gasteiger partial charge is 0.170 e. The van der Waals surface area contributed by atoms with Crippen molar-refractivity contribution < 1.29 is 0 Å². The second-order valence-electron chi connectivity index (χ2n) is 5.64. The fraction of sp³-hybridized carbons (Fsp3) is 0.533. The Morgan fingerprint density at radius 3 is 2.47 bits per heavy atom. The summed E-state index contributed by atoms with van der Waals surface area (Å²) in [5.41, 5.74) is 3.62. The SMILES string of the molecule is Cc1ccc(NC(=S)NCCSC(C)(C)C)cc1C. The van der Waals surface area contributed by atoms with Crippen LogP contribution in [0.3, 0.4) is 0 Å². The Labute approximate surface area is 126 Å². The van der Waals surface area contributed by atoms with Gasteiger partial charge in [-0.3, -0.25) is 0 Å². The zero-order chi connectivity index (χ0) is 14.5. The summed E-state index contributed by atoms with van der Waals surface area (Å²) in [4.78, 5) is 0. The van der Waals surface area contributed by atoms with Gasteiger partial charge in [-0.05, 0) is 49.3 Å². The first-order valence-electron chi connectivity index (χ1n) is 6.54. The molecule has 19 heavy (non-hydrogen) atoms. The topological polar surface area (TPSA) is 24.1 Å². The minimum Gasteiger partial charge on any atom is -0.362 e. The van der Waals surface area contributed by atoms with Gasteiger partial charge in [-0.1, -0.05) is 26.8 Å². The average Bonchev–Trinajstić information content (AvgIpc) is 2.28. The molecule has 0 saturated carbocycles. The number of hydrogen-bond donors (Lipinski definition) is 2. The highest BCUT2D eigenvalue weighted by molar-refractivity contribution is 8.00. The molecular formula is C15H24N2S2. The van der Waals surface area contributed by atoms with Gasteiger partial charge in [0.2, 0.25) is 0 Å². The number of rotatable bonds is 4. The maximum absolute atomic E-state index is 5.29. The van der Waals surface area contributed by atoms with Gasteiger partial charge in [0.05, 0.1) is 0 Å². The average molecular weight is 297 g/mol. The lowest BCUT2D eigenvalue weighted by Crippen LogP contribution is -2.31. The molecule has 0 aliphatic rings. The van der Waals surface area contributed by atoms with Gasteiger partial charge in [0.1, 0.15) is 0 Å². The summed E-state index contributed by atoms with van der Waals surface area (Å²) in [7, 11) is 0. The molecule has 0 unspecified atom stereocenters. The molecule has 0 saturated heterocycles. The number of aryl methyl sites for hydroxylation is 2. The molecule has 2 N–H and O–H groups in total. The normalized spacial score (nSPS) is 11.2. The molecule has 1 aromatic rings. The Morgan fingerprint density at radius 1 is 1.21 bits per heavy atom. The van der Waals surface area contributed by atoms with Crippen molar-refractivity contribution >= 4 is 34.8 Å². The van der Waals surface area contributed by atoms with Crippen LogP contribution in [0.15, 0.2) is 18.2 Å². The molecule has 0 bridgehead atoms. The van der Waals surface area contributed by atoms with Crippen molar-refractivity contribution in [1.29, 1.82) is 0 Å². The van der Waals surface area contributed by atoms with Gasteiger partial charge in [0.15, 0.2) is 5.11 Å². The maximum Gasteiger partial charge on any atom is 0.170 e. The molecule has 0 aliphatic heterocycles. The summed E-state index contributed by atoms with van der Waals surface area (Å²) in [6.07, 6.45) is 0. The first kappa shape index (κ1) is 16.3. The zero-order valence-electron chi connectivity index (χ0n) is 12.5. The van der Waals surface area contributed by atoms with E-state index in [1.807, 2.05) is 11.8 Å². The molecule has 1 aromatic carbocycles. The Kier molecular flexibility index (Phi) is 6.14. The van der Waals surface area contributed by atoms with Crippen LogP contribution in [-0.4, -0.2) is 22.2 Å². The highest BCUT2D eigenvalue weighted by Crippen LogP contribution is 2.22. The van der Waals surface area contributed by atoms with Crippen LogP contribution in [0.2, 0.25) is 0 Å². The van der Waals surface area contributed by atoms with E-state index in [2.05, 4.69) is 63.5 Å². The van der Waals surface area contributed by atoms with Gasteiger partial charge in [0, 0.05) is 22.7 Å². The van der Waals surface area contributed by atoms with Crippen molar-refractivity contribution in [3.8, 4) is 0 Å². The molecule has 0 aromatic heterocycles. The van der Waals surface area contributed by atoms with Crippen LogP contribution in [-0.2, 0) is 0 Å². The number of benzene rings is 1. The minimum absolute atomic E-state index is 0.310. The molecule has 1 rings (SSSR count). The van der Waals surface area contributed by atoms with Crippen LogP contribution in [0.4, 0.5) is 5.69 Å². The molecule has 0 aliphatic carbocycles. The van der Waals surface area contributed by atoms with E-state index in [9.17, 15) is 0 Å². The van der Waals surface area contributed by atoms with E-state index in [-0.39, 0.29) is 0 Å². The largest absolute Gasteiger partial charge is 0.362 e. The first-order chi connectivity index (χ1) is 8.78. The van der Waals surface area contributed by atoms with Crippen LogP contribution in [0, 0.1) is 13.8 Å². The van der Waals surface area contributed by atoms with Crippen molar-refractivity contribution in [3.05, 3.63) is 29.3 Å². The summed E-state index contributed by atoms with van der Waals surface area (Å²) < 4.78 is 0.310. The number of anilines is 1. The van der Waals surface area contributed by atoms with Gasteiger partial charge < -0.3 is 10.6 Å². The summed E-state index contributed by atoms with van der Waals surface area (Å²) in [6.45, 7) is 11.8. The number of thiocarbonyl (C=S) groups is 1. The van der Waals surface area contributed by atoms with Crippen molar-refractivity contribution in [2.45, 2.75) is 39.4 Å². The van der Waals surface area contributed by atoms with E-state index >= 15 is 0 Å². The highest BCUT2D eigenvalue weighted by Gasteiger charge is 2.09. The summed E-state index contributed by atoms with van der Waals surface area (Å²) in [5, 5.41) is 7.15. The molecule has 0 amide bonds. The fourth-order valence-corrected chi connectivity index (χ4v) is 2.55. The molecule has 0 fully saturated rings. The summed E-state index contributed by atoms with van der Waals surface area (Å²) in [6, 6.07) is 6.28. The Hall–Kier alpha value is -0.740. The predicted octanol–water partition coefficient (Wildman–Crippen LogP) is 4.12. The van der Waals surface area contributed by atoms with Gasteiger partial charge in [-0.2, -0.15) is 11.8 Å². The van der Waals surface area contributed by atoms with E-state index in [1.165, 1.54) is 11.1 Å². The van der Waals surface area contributed by atoms with Gasteiger partial charge in [0.25, 0.3) is 0 Å². The van der Waals surface area contributed by atoms with E-state index in [1.54, 1.807) is 0 Å². The van der Waals surface area contributed by atoms with E-state index < -0.39 is 0 Å². The number of thioether (sulfide) groups is 1. The third-order valence-electron chi connectivity index (χ3n) is 2.69. The zero-order valence-corrected chi connectivity index (χ0v) is 14.1. The number of hydrogen-bond acceptors (Lipinski definition) is 2. The van der Waals surface area contributed by atoms with E-state index in [4.69, 9.17) is 12.2 Å². The van der Waals surface area contributed by atoms with Crippen LogP contribution < -0.4 is 10.6 Å². The second-order valence-corrected chi connectivity index (χ2v) is 7.97. The lowest BCUT2D eigenvalue weighted by Gasteiger charge is -2.18. The molecule has 0 atom stereocenters. The standard InChI is InChI=1S/C15H24N2S2/c1-11-6-7-13(10-12(11)2)17-14(18)16-8-9-19-15(3,4)5/h6-7,10H,8-9H2,1-5H3,(H2,16,17,18). The third-order valence-corrected chi connectivity index (χ3v) is 4.21. The first-order valence-corrected chi connectivity index (χ1v) is 7.93. The maximum atomic E-state index is 5.29. The van der Waals surface area contributed by atoms with Gasteiger partial charge in [-0.25, -0.2) is 0 Å². The van der Waals surface area contributed by atoms with Crippen molar-refractivity contribution in [2.24, 2.45) is 0 Å². The van der Waals surface area contributed by atoms with Crippen LogP contribution in [0.5, 0.6) is 0 Å². The lowest BCUT2D eigenvalue weighted by molar-refractivity contribution is 0.800. The van der Waals surface area contributed by atoms with E-state index in [0.29, 0.717) is 9.86 Å². The lowest BCUT2D eigenvalue weighted by atomic mass is 10.1. The van der Waals surface area contributed by atoms with Crippen molar-refractivity contribution in [2.75, 3.05) is 17.6 Å². The van der Waals surface area contributed by atoms with Gasteiger partial charge >= 0.3 is 0 Å². The molecule has 2 nitrogen and oxygen atoms in total. The molecular weight excluding hydrogens is 272 g/mol. The van der Waals surface area contributed by atoms with Crippen LogP contribution in [0.25, 0.3) is 0 Å². The Balaban J connectivity index is 2.33. The van der Waals surface area contributed by atoms with E-state index in [0.717, 1.165) is 18.0 Å². The Morgan fingerprint density at radius 2 is 1.89 bits per heavy atom. The van der Waals surface area contributed by atoms with Crippen LogP contribution >= 0.6 is 24.0 Å². The molecule has 0 radical (unpaired) electrons. The van der Waals surface area contributed by atoms with Gasteiger partial charge in [-0.15, -0.1) is 0 Å². The van der Waals surface area contributed by atoms with Crippen molar-refractivity contribution in [3.63, 3.8) is 0 Å². The molecule has 0 spiro atoms. The highest BCUT2D eigenvalue weighted by atomic mass is 32.2. The molecule has 106 valence electrons. The summed E-state index contributed by atoms with van der Waals surface area (Å²) in [5.74, 6) is 1.05. The van der Waals surface area contributed by atoms with Crippen LogP contribution in [0.1, 0.15) is 31.9 Å². The minimum atomic E-state index is 0.310. The molecule has 0 heterocycles. The monoisotopic (exact) mass is 296 g/mol. The molecule has 4 heteroatoms. The number of nitrogens with one attached hydrogen (secondary N) is 2. The quantitative estimate of drug-likeness (QED) is 0.644. The fourth-order valence-electron chi connectivity index (χ4n) is 1.52. The predicted molar refractivity (Wildman–Crippen MR) is 92.4 cm³/mol. The second kappa shape index (κ2) is 7.15. The summed E-state index contributed by atoms with van der Waals surface area (Å²) >= 11 is 7.22.